The van der Waals surface area contributed by atoms with E-state index >= 15 is 0 Å². The molecule has 1 aliphatic heterocycles. The van der Waals surface area contributed by atoms with Crippen LogP contribution in [0, 0.1) is 11.8 Å². The first kappa shape index (κ1) is 16.7. The number of thiophene rings is 1. The Morgan fingerprint density at radius 1 is 1.08 bits per heavy atom. The van der Waals surface area contributed by atoms with E-state index in [1.807, 2.05) is 41.3 Å². The van der Waals surface area contributed by atoms with Crippen LogP contribution in [-0.4, -0.2) is 53.6 Å². The molecule has 1 fully saturated rings. The average molecular weight is 340 g/mol. The van der Waals surface area contributed by atoms with E-state index in [1.54, 1.807) is 11.3 Å². The molecule has 5 heteroatoms. The molecule has 1 amide bonds. The molecule has 2 heterocycles. The Hall–Kier alpha value is -2.13. The Labute approximate surface area is 146 Å². The number of nitrogens with zero attached hydrogens (tertiary/aromatic N) is 2. The lowest BCUT2D eigenvalue weighted by Gasteiger charge is -2.34. The zero-order valence-corrected chi connectivity index (χ0v) is 14.3. The highest BCUT2D eigenvalue weighted by atomic mass is 32.1. The predicted molar refractivity (Wildman–Crippen MR) is 95.9 cm³/mol. The number of benzene rings is 1. The Morgan fingerprint density at radius 2 is 1.83 bits per heavy atom. The van der Waals surface area contributed by atoms with E-state index in [-0.39, 0.29) is 12.5 Å². The SMILES string of the molecule is O=C(c1ccccc1)N1CCN(Cc2ccc(C#CCO)s2)CC1. The smallest absolute Gasteiger partial charge is 0.253 e. The summed E-state index contributed by atoms with van der Waals surface area (Å²) in [7, 11) is 0. The summed E-state index contributed by atoms with van der Waals surface area (Å²) in [5, 5.41) is 8.74. The monoisotopic (exact) mass is 340 g/mol. The van der Waals surface area contributed by atoms with Crippen molar-refractivity contribution in [2.24, 2.45) is 0 Å². The van der Waals surface area contributed by atoms with Gasteiger partial charge in [0.1, 0.15) is 6.61 Å². The van der Waals surface area contributed by atoms with Crippen LogP contribution in [0.25, 0.3) is 0 Å². The van der Waals surface area contributed by atoms with Crippen LogP contribution in [0.1, 0.15) is 20.1 Å². The van der Waals surface area contributed by atoms with Crippen molar-refractivity contribution in [2.45, 2.75) is 6.54 Å². The van der Waals surface area contributed by atoms with E-state index in [1.165, 1.54) is 4.88 Å². The number of hydrogen-bond acceptors (Lipinski definition) is 4. The summed E-state index contributed by atoms with van der Waals surface area (Å²) in [6.45, 7) is 4.07. The molecule has 1 aromatic carbocycles. The van der Waals surface area contributed by atoms with Gasteiger partial charge in [-0.3, -0.25) is 9.69 Å². The van der Waals surface area contributed by atoms with Crippen molar-refractivity contribution in [1.82, 2.24) is 9.80 Å². The van der Waals surface area contributed by atoms with Crippen molar-refractivity contribution in [1.29, 1.82) is 0 Å². The molecule has 0 bridgehead atoms. The maximum atomic E-state index is 12.4. The minimum Gasteiger partial charge on any atom is -0.384 e. The van der Waals surface area contributed by atoms with E-state index in [4.69, 9.17) is 5.11 Å². The second-order valence-electron chi connectivity index (χ2n) is 5.66. The van der Waals surface area contributed by atoms with Gasteiger partial charge >= 0.3 is 0 Å². The summed E-state index contributed by atoms with van der Waals surface area (Å²) in [4.78, 5) is 19.0. The predicted octanol–water partition coefficient (Wildman–Crippen LogP) is 2.05. The van der Waals surface area contributed by atoms with E-state index < -0.39 is 0 Å². The molecule has 0 aliphatic carbocycles. The Kier molecular flexibility index (Phi) is 5.65. The van der Waals surface area contributed by atoms with Crippen LogP contribution in [0.5, 0.6) is 0 Å². The van der Waals surface area contributed by atoms with Gasteiger partial charge in [0, 0.05) is 43.2 Å². The van der Waals surface area contributed by atoms with E-state index in [0.717, 1.165) is 43.2 Å². The second-order valence-corrected chi connectivity index (χ2v) is 6.83. The summed E-state index contributed by atoms with van der Waals surface area (Å²) in [5.41, 5.74) is 0.760. The Morgan fingerprint density at radius 3 is 2.54 bits per heavy atom. The molecular formula is C19H20N2O2S. The molecule has 0 radical (unpaired) electrons. The van der Waals surface area contributed by atoms with Gasteiger partial charge in [0.25, 0.3) is 5.91 Å². The molecule has 0 saturated carbocycles. The topological polar surface area (TPSA) is 43.8 Å². The molecule has 0 atom stereocenters. The molecule has 1 aromatic heterocycles. The number of rotatable bonds is 3. The van der Waals surface area contributed by atoms with Crippen LogP contribution in [-0.2, 0) is 6.54 Å². The Balaban J connectivity index is 1.52. The number of carbonyl (C=O) groups excluding carboxylic acids is 1. The van der Waals surface area contributed by atoms with Crippen LogP contribution in [0.15, 0.2) is 42.5 Å². The van der Waals surface area contributed by atoms with Crippen molar-refractivity contribution < 1.29 is 9.90 Å². The van der Waals surface area contributed by atoms with Gasteiger partial charge in [0.05, 0.1) is 4.88 Å². The summed E-state index contributed by atoms with van der Waals surface area (Å²) in [6, 6.07) is 13.6. The molecule has 1 N–H and O–H groups in total. The quantitative estimate of drug-likeness (QED) is 0.870. The molecule has 1 aliphatic rings. The van der Waals surface area contributed by atoms with Crippen LogP contribution in [0.3, 0.4) is 0 Å². The zero-order chi connectivity index (χ0) is 16.8. The zero-order valence-electron chi connectivity index (χ0n) is 13.4. The van der Waals surface area contributed by atoms with Gasteiger partial charge in [0.2, 0.25) is 0 Å². The second kappa shape index (κ2) is 8.11. The third-order valence-corrected chi connectivity index (χ3v) is 5.00. The molecule has 1 saturated heterocycles. The normalized spacial score (nSPS) is 15.0. The first-order chi connectivity index (χ1) is 11.8. The fourth-order valence-corrected chi connectivity index (χ4v) is 3.67. The molecule has 3 rings (SSSR count). The van der Waals surface area contributed by atoms with E-state index in [0.29, 0.717) is 0 Å². The molecule has 24 heavy (non-hydrogen) atoms. The summed E-state index contributed by atoms with van der Waals surface area (Å²) < 4.78 is 0. The molecule has 0 unspecified atom stereocenters. The minimum absolute atomic E-state index is 0.107. The molecule has 2 aromatic rings. The third-order valence-electron chi connectivity index (χ3n) is 4.01. The van der Waals surface area contributed by atoms with E-state index in [9.17, 15) is 4.79 Å². The number of amides is 1. The molecule has 4 nitrogen and oxygen atoms in total. The first-order valence-corrected chi connectivity index (χ1v) is 8.83. The summed E-state index contributed by atoms with van der Waals surface area (Å²) in [6.07, 6.45) is 0. The first-order valence-electron chi connectivity index (χ1n) is 8.01. The van der Waals surface area contributed by atoms with Gasteiger partial charge in [-0.1, -0.05) is 30.0 Å². The lowest BCUT2D eigenvalue weighted by atomic mass is 10.2. The highest BCUT2D eigenvalue weighted by molar-refractivity contribution is 7.12. The number of aliphatic hydroxyl groups excluding tert-OH is 1. The van der Waals surface area contributed by atoms with Crippen LogP contribution in [0.4, 0.5) is 0 Å². The van der Waals surface area contributed by atoms with Crippen LogP contribution >= 0.6 is 11.3 Å². The standard InChI is InChI=1S/C19H20N2O2S/c22-14-4-7-17-8-9-18(24-17)15-20-10-12-21(13-11-20)19(23)16-5-2-1-3-6-16/h1-3,5-6,8-9,22H,10-15H2. The van der Waals surface area contributed by atoms with Gasteiger partial charge < -0.3 is 10.0 Å². The highest BCUT2D eigenvalue weighted by Gasteiger charge is 2.22. The lowest BCUT2D eigenvalue weighted by Crippen LogP contribution is -2.48. The van der Waals surface area contributed by atoms with Gasteiger partial charge in [-0.05, 0) is 24.3 Å². The molecule has 0 spiro atoms. The number of aliphatic hydroxyl groups is 1. The van der Waals surface area contributed by atoms with Gasteiger partial charge in [-0.2, -0.15) is 0 Å². The molecular weight excluding hydrogens is 320 g/mol. The van der Waals surface area contributed by atoms with Crippen molar-refractivity contribution in [3.05, 3.63) is 57.8 Å². The number of piperazine rings is 1. The Bertz CT molecular complexity index is 737. The number of carbonyl (C=O) groups is 1. The maximum absolute atomic E-state index is 12.4. The maximum Gasteiger partial charge on any atom is 0.253 e. The van der Waals surface area contributed by atoms with Crippen molar-refractivity contribution in [2.75, 3.05) is 32.8 Å². The van der Waals surface area contributed by atoms with Crippen molar-refractivity contribution >= 4 is 17.2 Å². The van der Waals surface area contributed by atoms with Gasteiger partial charge in [-0.15, -0.1) is 11.3 Å². The van der Waals surface area contributed by atoms with Crippen molar-refractivity contribution in [3.8, 4) is 11.8 Å². The fraction of sp³-hybridized carbons (Fsp3) is 0.316. The minimum atomic E-state index is -0.107. The summed E-state index contributed by atoms with van der Waals surface area (Å²) in [5.74, 6) is 5.73. The highest BCUT2D eigenvalue weighted by Crippen LogP contribution is 2.18. The third kappa shape index (κ3) is 4.24. The lowest BCUT2D eigenvalue weighted by molar-refractivity contribution is 0.0629. The van der Waals surface area contributed by atoms with Crippen LogP contribution in [0.2, 0.25) is 0 Å². The van der Waals surface area contributed by atoms with Gasteiger partial charge in [0.15, 0.2) is 0 Å². The van der Waals surface area contributed by atoms with E-state index in [2.05, 4.69) is 22.8 Å². The van der Waals surface area contributed by atoms with Crippen molar-refractivity contribution in [3.63, 3.8) is 0 Å². The largest absolute Gasteiger partial charge is 0.384 e. The fourth-order valence-electron chi connectivity index (χ4n) is 2.75. The number of hydrogen-bond donors (Lipinski definition) is 1. The van der Waals surface area contributed by atoms with Gasteiger partial charge in [-0.25, -0.2) is 0 Å². The average Bonchev–Trinajstić information content (AvgIpc) is 3.08. The van der Waals surface area contributed by atoms with Crippen LogP contribution < -0.4 is 0 Å². The molecule has 124 valence electrons. The summed E-state index contributed by atoms with van der Waals surface area (Å²) >= 11 is 1.66.